The molecule has 1 heterocycles. The Labute approximate surface area is 137 Å². The molecule has 1 fully saturated rings. The van der Waals surface area contributed by atoms with Crippen LogP contribution in [0.5, 0.6) is 0 Å². The third-order valence-electron chi connectivity index (χ3n) is 3.59. The largest absolute Gasteiger partial charge is 0.392 e. The van der Waals surface area contributed by atoms with E-state index in [1.807, 2.05) is 13.8 Å². The first kappa shape index (κ1) is 17.8. The van der Waals surface area contributed by atoms with E-state index < -0.39 is 18.2 Å². The molecule has 1 aliphatic rings. The molecule has 1 aromatic rings. The average molecular weight is 343 g/mol. The van der Waals surface area contributed by atoms with Crippen LogP contribution in [0.25, 0.3) is 0 Å². The summed E-state index contributed by atoms with van der Waals surface area (Å²) in [4.78, 5) is 1.67. The van der Waals surface area contributed by atoms with Crippen LogP contribution in [-0.4, -0.2) is 41.0 Å². The van der Waals surface area contributed by atoms with Crippen molar-refractivity contribution in [2.45, 2.75) is 32.7 Å². The molecule has 8 heteroatoms. The number of thioether (sulfide) groups is 1. The average Bonchev–Trinajstić information content (AvgIpc) is 2.48. The van der Waals surface area contributed by atoms with Crippen LogP contribution in [0, 0.1) is 22.5 Å². The van der Waals surface area contributed by atoms with Gasteiger partial charge in [0.2, 0.25) is 0 Å². The van der Waals surface area contributed by atoms with Crippen LogP contribution < -0.4 is 4.90 Å². The van der Waals surface area contributed by atoms with Crippen molar-refractivity contribution in [1.29, 1.82) is 10.8 Å². The summed E-state index contributed by atoms with van der Waals surface area (Å²) in [6.07, 6.45) is -0.279. The number of ether oxygens (including phenoxy) is 1. The van der Waals surface area contributed by atoms with Crippen molar-refractivity contribution in [3.63, 3.8) is 0 Å². The van der Waals surface area contributed by atoms with Gasteiger partial charge in [-0.05, 0) is 19.9 Å². The number of nitrogens with one attached hydrogen (secondary N) is 2. The van der Waals surface area contributed by atoms with Crippen LogP contribution in [0.3, 0.4) is 0 Å². The van der Waals surface area contributed by atoms with Crippen LogP contribution in [0.1, 0.15) is 25.0 Å². The molecule has 126 valence electrons. The minimum atomic E-state index is -1.14. The monoisotopic (exact) mass is 343 g/mol. The molecule has 3 N–H and O–H groups in total. The number of benzene rings is 1. The minimum absolute atomic E-state index is 0.0170. The lowest BCUT2D eigenvalue weighted by molar-refractivity contribution is -0.00554. The predicted molar refractivity (Wildman–Crippen MR) is 87.7 cm³/mol. The SMILES string of the molecule is CC1CN(c2c(CO)cc(C(=N)SC=N)c(F)c2F)CC(C)O1. The molecule has 23 heavy (non-hydrogen) atoms. The Hall–Kier alpha value is -1.51. The van der Waals surface area contributed by atoms with Crippen molar-refractivity contribution in [2.75, 3.05) is 18.0 Å². The van der Waals surface area contributed by atoms with E-state index in [1.165, 1.54) is 6.07 Å². The molecule has 0 aromatic heterocycles. The standard InChI is InChI=1S/C15H19F2N3O2S/c1-8-4-20(5-9(2)22-8)14-10(6-21)3-11(12(16)13(14)17)15(19)23-7-18/h3,7-9,18-19,21H,4-6H2,1-2H3. The van der Waals surface area contributed by atoms with Gasteiger partial charge in [-0.25, -0.2) is 8.78 Å². The first-order valence-corrected chi connectivity index (χ1v) is 8.03. The Kier molecular flexibility index (Phi) is 5.72. The van der Waals surface area contributed by atoms with Crippen molar-refractivity contribution in [3.05, 3.63) is 28.8 Å². The van der Waals surface area contributed by atoms with E-state index in [4.69, 9.17) is 15.6 Å². The highest BCUT2D eigenvalue weighted by Gasteiger charge is 2.29. The van der Waals surface area contributed by atoms with Gasteiger partial charge in [0.05, 0.1) is 30.0 Å². The summed E-state index contributed by atoms with van der Waals surface area (Å²) in [5.74, 6) is -2.22. The summed E-state index contributed by atoms with van der Waals surface area (Å²) in [5, 5.41) is 24.0. The number of hydrogen-bond acceptors (Lipinski definition) is 6. The summed E-state index contributed by atoms with van der Waals surface area (Å²) < 4.78 is 34.6. The van der Waals surface area contributed by atoms with E-state index in [2.05, 4.69) is 0 Å². The molecule has 0 saturated carbocycles. The number of halogens is 2. The molecule has 2 unspecified atom stereocenters. The number of hydrogen-bond donors (Lipinski definition) is 3. The van der Waals surface area contributed by atoms with Crippen molar-refractivity contribution >= 4 is 28.0 Å². The highest BCUT2D eigenvalue weighted by molar-refractivity contribution is 8.25. The quantitative estimate of drug-likeness (QED) is 0.580. The highest BCUT2D eigenvalue weighted by Crippen LogP contribution is 2.32. The van der Waals surface area contributed by atoms with Crippen LogP contribution in [-0.2, 0) is 11.3 Å². The lowest BCUT2D eigenvalue weighted by atomic mass is 10.0. The third kappa shape index (κ3) is 3.70. The summed E-state index contributed by atoms with van der Waals surface area (Å²) in [6, 6.07) is 1.28. The molecular weight excluding hydrogens is 324 g/mol. The molecule has 0 bridgehead atoms. The molecule has 0 amide bonds. The number of rotatable bonds is 4. The van der Waals surface area contributed by atoms with Crippen LogP contribution in [0.4, 0.5) is 14.5 Å². The van der Waals surface area contributed by atoms with Crippen molar-refractivity contribution in [3.8, 4) is 0 Å². The molecule has 5 nitrogen and oxygen atoms in total. The van der Waals surface area contributed by atoms with Crippen molar-refractivity contribution in [1.82, 2.24) is 0 Å². The Balaban J connectivity index is 2.50. The van der Waals surface area contributed by atoms with Gasteiger partial charge < -0.3 is 20.2 Å². The van der Waals surface area contributed by atoms with Gasteiger partial charge in [0.15, 0.2) is 11.6 Å². The number of morpholine rings is 1. The van der Waals surface area contributed by atoms with E-state index in [9.17, 15) is 13.9 Å². The molecule has 0 aliphatic carbocycles. The lowest BCUT2D eigenvalue weighted by Gasteiger charge is -2.38. The molecule has 0 radical (unpaired) electrons. The molecule has 2 atom stereocenters. The van der Waals surface area contributed by atoms with Gasteiger partial charge in [-0.2, -0.15) is 0 Å². The van der Waals surface area contributed by atoms with Gasteiger partial charge >= 0.3 is 0 Å². The van der Waals surface area contributed by atoms with E-state index in [1.54, 1.807) is 4.90 Å². The van der Waals surface area contributed by atoms with Gasteiger partial charge in [-0.15, -0.1) is 0 Å². The number of anilines is 1. The Bertz CT molecular complexity index is 617. The molecule has 1 saturated heterocycles. The van der Waals surface area contributed by atoms with Gasteiger partial charge in [0.1, 0.15) is 5.04 Å². The van der Waals surface area contributed by atoms with E-state index in [-0.39, 0.29) is 34.1 Å². The maximum Gasteiger partial charge on any atom is 0.183 e. The Morgan fingerprint density at radius 3 is 2.52 bits per heavy atom. The molecule has 1 aliphatic heterocycles. The summed E-state index contributed by atoms with van der Waals surface area (Å²) in [7, 11) is 0. The zero-order chi connectivity index (χ0) is 17.1. The number of nitrogens with zero attached hydrogens (tertiary/aromatic N) is 1. The fraction of sp³-hybridized carbons (Fsp3) is 0.467. The normalized spacial score (nSPS) is 21.3. The Morgan fingerprint density at radius 2 is 2.00 bits per heavy atom. The van der Waals surface area contributed by atoms with Crippen molar-refractivity contribution < 1.29 is 18.6 Å². The summed E-state index contributed by atoms with van der Waals surface area (Å²) in [6.45, 7) is 4.00. The number of aliphatic hydroxyl groups excluding tert-OH is 1. The second-order valence-corrected chi connectivity index (χ2v) is 6.32. The van der Waals surface area contributed by atoms with E-state index >= 15 is 0 Å². The summed E-state index contributed by atoms with van der Waals surface area (Å²) in [5.41, 5.74) is 0.856. The molecule has 1 aromatic carbocycles. The van der Waals surface area contributed by atoms with Crippen molar-refractivity contribution in [2.24, 2.45) is 0 Å². The Morgan fingerprint density at radius 1 is 1.39 bits per heavy atom. The van der Waals surface area contributed by atoms with Gasteiger partial charge in [0.25, 0.3) is 0 Å². The molecular formula is C15H19F2N3O2S. The maximum atomic E-state index is 14.6. The van der Waals surface area contributed by atoms with Gasteiger partial charge in [-0.3, -0.25) is 5.41 Å². The van der Waals surface area contributed by atoms with E-state index in [0.717, 1.165) is 5.55 Å². The minimum Gasteiger partial charge on any atom is -0.392 e. The van der Waals surface area contributed by atoms with Gasteiger partial charge in [0, 0.05) is 24.2 Å². The van der Waals surface area contributed by atoms with Crippen LogP contribution in [0.15, 0.2) is 6.07 Å². The molecule has 0 spiro atoms. The first-order valence-electron chi connectivity index (χ1n) is 7.15. The topological polar surface area (TPSA) is 80.4 Å². The predicted octanol–water partition coefficient (Wildman–Crippen LogP) is 2.74. The fourth-order valence-corrected chi connectivity index (χ4v) is 3.17. The van der Waals surface area contributed by atoms with Crippen LogP contribution >= 0.6 is 11.8 Å². The summed E-state index contributed by atoms with van der Waals surface area (Å²) >= 11 is 0.672. The fourth-order valence-electron chi connectivity index (χ4n) is 2.78. The zero-order valence-corrected chi connectivity index (χ0v) is 13.7. The highest BCUT2D eigenvalue weighted by atomic mass is 32.2. The lowest BCUT2D eigenvalue weighted by Crippen LogP contribution is -2.46. The molecule has 2 rings (SSSR count). The second-order valence-electron chi connectivity index (χ2n) is 5.45. The second kappa shape index (κ2) is 7.37. The third-order valence-corrected chi connectivity index (χ3v) is 4.16. The number of aliphatic hydroxyl groups is 1. The van der Waals surface area contributed by atoms with E-state index in [0.29, 0.717) is 24.9 Å². The van der Waals surface area contributed by atoms with Crippen LogP contribution in [0.2, 0.25) is 0 Å². The first-order chi connectivity index (χ1) is 10.9. The zero-order valence-electron chi connectivity index (χ0n) is 12.9. The van der Waals surface area contributed by atoms with Gasteiger partial charge in [-0.1, -0.05) is 11.8 Å². The smallest absolute Gasteiger partial charge is 0.183 e. The maximum absolute atomic E-state index is 14.6.